The minimum Gasteiger partial charge on any atom is -0.334 e. The predicted molar refractivity (Wildman–Crippen MR) is 55.9 cm³/mol. The third-order valence-corrected chi connectivity index (χ3v) is 2.21. The van der Waals surface area contributed by atoms with Crippen molar-refractivity contribution in [1.82, 2.24) is 10.1 Å². The number of hydrogen-bond donors (Lipinski definition) is 0. The second-order valence-corrected chi connectivity index (χ2v) is 3.34. The summed E-state index contributed by atoms with van der Waals surface area (Å²) < 4.78 is 17.7. The van der Waals surface area contributed by atoms with E-state index < -0.39 is 16.4 Å². The zero-order valence-corrected chi connectivity index (χ0v) is 9.02. The van der Waals surface area contributed by atoms with Gasteiger partial charge in [0.15, 0.2) is 5.82 Å². The number of nitrogens with zero attached hydrogens (tertiary/aromatic N) is 3. The summed E-state index contributed by atoms with van der Waals surface area (Å²) in [4.78, 5) is 13.9. The van der Waals surface area contributed by atoms with Crippen molar-refractivity contribution in [3.63, 3.8) is 0 Å². The van der Waals surface area contributed by atoms with Crippen molar-refractivity contribution in [2.75, 3.05) is 0 Å². The molecule has 0 radical (unpaired) electrons. The lowest BCUT2D eigenvalue weighted by molar-refractivity contribution is -0.384. The van der Waals surface area contributed by atoms with E-state index in [9.17, 15) is 14.5 Å². The zero-order chi connectivity index (χ0) is 12.4. The van der Waals surface area contributed by atoms with Crippen LogP contribution in [0, 0.1) is 15.9 Å². The summed E-state index contributed by atoms with van der Waals surface area (Å²) in [5.74, 6) is -0.538. The number of nitro benzene ring substituents is 1. The molecule has 88 valence electrons. The normalized spacial score (nSPS) is 10.5. The van der Waals surface area contributed by atoms with Crippen LogP contribution in [0.5, 0.6) is 0 Å². The Bertz CT molecular complexity index is 572. The third-order valence-electron chi connectivity index (χ3n) is 1.97. The van der Waals surface area contributed by atoms with Gasteiger partial charge in [-0.3, -0.25) is 10.1 Å². The first kappa shape index (κ1) is 11.5. The van der Waals surface area contributed by atoms with E-state index in [2.05, 4.69) is 10.1 Å². The lowest BCUT2D eigenvalue weighted by Crippen LogP contribution is -1.93. The van der Waals surface area contributed by atoms with Gasteiger partial charge in [0.1, 0.15) is 11.4 Å². The van der Waals surface area contributed by atoms with Crippen molar-refractivity contribution in [1.29, 1.82) is 0 Å². The van der Waals surface area contributed by atoms with Gasteiger partial charge >= 0.3 is 0 Å². The first-order valence-electron chi connectivity index (χ1n) is 4.44. The molecule has 0 fully saturated rings. The van der Waals surface area contributed by atoms with E-state index in [1.54, 1.807) is 0 Å². The number of alkyl halides is 1. The molecule has 1 aromatic carbocycles. The molecule has 0 aliphatic heterocycles. The van der Waals surface area contributed by atoms with E-state index in [1.165, 1.54) is 6.07 Å². The van der Waals surface area contributed by atoms with Crippen LogP contribution in [-0.2, 0) is 5.88 Å². The van der Waals surface area contributed by atoms with Crippen LogP contribution < -0.4 is 0 Å². The maximum Gasteiger partial charge on any atom is 0.285 e. The highest BCUT2D eigenvalue weighted by atomic mass is 35.5. The average molecular weight is 258 g/mol. The van der Waals surface area contributed by atoms with Gasteiger partial charge in [-0.15, -0.1) is 11.6 Å². The first-order valence-corrected chi connectivity index (χ1v) is 4.98. The lowest BCUT2D eigenvalue weighted by Gasteiger charge is -1.97. The fourth-order valence-electron chi connectivity index (χ4n) is 1.25. The molecule has 0 saturated heterocycles. The molecule has 0 saturated carbocycles. The van der Waals surface area contributed by atoms with Crippen molar-refractivity contribution < 1.29 is 13.8 Å². The Kier molecular flexibility index (Phi) is 3.01. The fourth-order valence-corrected chi connectivity index (χ4v) is 1.36. The van der Waals surface area contributed by atoms with Gasteiger partial charge in [0, 0.05) is 0 Å². The summed E-state index contributed by atoms with van der Waals surface area (Å²) in [7, 11) is 0. The third kappa shape index (κ3) is 2.23. The van der Waals surface area contributed by atoms with Crippen LogP contribution >= 0.6 is 11.6 Å². The Hall–Kier alpha value is -2.02. The molecule has 1 heterocycles. The van der Waals surface area contributed by atoms with E-state index in [0.29, 0.717) is 0 Å². The molecule has 0 bridgehead atoms. The van der Waals surface area contributed by atoms with Crippen molar-refractivity contribution in [2.45, 2.75) is 5.88 Å². The molecule has 0 aliphatic carbocycles. The van der Waals surface area contributed by atoms with Crippen LogP contribution in [0.3, 0.4) is 0 Å². The molecular weight excluding hydrogens is 253 g/mol. The van der Waals surface area contributed by atoms with E-state index in [-0.39, 0.29) is 23.2 Å². The zero-order valence-electron chi connectivity index (χ0n) is 8.26. The summed E-state index contributed by atoms with van der Waals surface area (Å²) in [6.07, 6.45) is 0. The number of halogens is 2. The summed E-state index contributed by atoms with van der Waals surface area (Å²) in [6.45, 7) is 0. The SMILES string of the molecule is O=[N+]([O-])c1cc(F)ccc1-c1nc(CCl)no1. The summed E-state index contributed by atoms with van der Waals surface area (Å²) in [5, 5.41) is 14.2. The largest absolute Gasteiger partial charge is 0.334 e. The minimum atomic E-state index is -0.719. The molecule has 0 atom stereocenters. The molecule has 0 unspecified atom stereocenters. The van der Waals surface area contributed by atoms with E-state index >= 15 is 0 Å². The van der Waals surface area contributed by atoms with Crippen molar-refractivity contribution in [2.24, 2.45) is 0 Å². The van der Waals surface area contributed by atoms with Crippen molar-refractivity contribution in [3.8, 4) is 11.5 Å². The maximum atomic E-state index is 12.9. The molecule has 0 aliphatic rings. The Morgan fingerprint density at radius 2 is 2.29 bits per heavy atom. The minimum absolute atomic E-state index is 0.0263. The van der Waals surface area contributed by atoms with Crippen LogP contribution in [0.15, 0.2) is 22.7 Å². The number of benzene rings is 1. The van der Waals surface area contributed by atoms with Crippen LogP contribution in [0.4, 0.5) is 10.1 Å². The smallest absolute Gasteiger partial charge is 0.285 e. The molecule has 6 nitrogen and oxygen atoms in total. The van der Waals surface area contributed by atoms with Crippen LogP contribution in [0.25, 0.3) is 11.5 Å². The molecule has 0 N–H and O–H groups in total. The first-order chi connectivity index (χ1) is 8.11. The summed E-state index contributed by atoms with van der Waals surface area (Å²) in [6, 6.07) is 3.08. The van der Waals surface area contributed by atoms with Gasteiger partial charge in [-0.05, 0) is 12.1 Å². The van der Waals surface area contributed by atoms with Gasteiger partial charge in [0.25, 0.3) is 11.6 Å². The monoisotopic (exact) mass is 257 g/mol. The molecule has 2 rings (SSSR count). The molecular formula is C9H5ClFN3O3. The second kappa shape index (κ2) is 4.46. The Morgan fingerprint density at radius 3 is 2.88 bits per heavy atom. The van der Waals surface area contributed by atoms with Gasteiger partial charge in [-0.1, -0.05) is 5.16 Å². The number of nitro groups is 1. The van der Waals surface area contributed by atoms with Gasteiger partial charge in [0.05, 0.1) is 16.9 Å². The van der Waals surface area contributed by atoms with Crippen LogP contribution in [0.1, 0.15) is 5.82 Å². The predicted octanol–water partition coefficient (Wildman–Crippen LogP) is 2.52. The molecule has 1 aromatic heterocycles. The van der Waals surface area contributed by atoms with Gasteiger partial charge in [-0.2, -0.15) is 4.98 Å². The Labute approximate surface area is 99.2 Å². The number of rotatable bonds is 3. The highest BCUT2D eigenvalue weighted by Crippen LogP contribution is 2.29. The van der Waals surface area contributed by atoms with Crippen molar-refractivity contribution in [3.05, 3.63) is 40.0 Å². The van der Waals surface area contributed by atoms with E-state index in [4.69, 9.17) is 16.1 Å². The standard InChI is InChI=1S/C9H5ClFN3O3/c10-4-8-12-9(17-13-8)6-2-1-5(11)3-7(6)14(15)16/h1-3H,4H2. The highest BCUT2D eigenvalue weighted by molar-refractivity contribution is 6.16. The van der Waals surface area contributed by atoms with Crippen LogP contribution in [-0.4, -0.2) is 15.1 Å². The average Bonchev–Trinajstić information content (AvgIpc) is 2.77. The quantitative estimate of drug-likeness (QED) is 0.479. The summed E-state index contributed by atoms with van der Waals surface area (Å²) in [5.41, 5.74) is -0.380. The molecule has 0 amide bonds. The molecule has 0 spiro atoms. The van der Waals surface area contributed by atoms with E-state index in [0.717, 1.165) is 12.1 Å². The van der Waals surface area contributed by atoms with E-state index in [1.807, 2.05) is 0 Å². The number of aromatic nitrogens is 2. The van der Waals surface area contributed by atoms with Crippen LogP contribution in [0.2, 0.25) is 0 Å². The fraction of sp³-hybridized carbons (Fsp3) is 0.111. The maximum absolute atomic E-state index is 12.9. The topological polar surface area (TPSA) is 82.1 Å². The second-order valence-electron chi connectivity index (χ2n) is 3.07. The Balaban J connectivity index is 2.54. The van der Waals surface area contributed by atoms with Gasteiger partial charge in [-0.25, -0.2) is 4.39 Å². The summed E-state index contributed by atoms with van der Waals surface area (Å²) >= 11 is 5.48. The molecule has 8 heteroatoms. The van der Waals surface area contributed by atoms with Crippen molar-refractivity contribution >= 4 is 17.3 Å². The lowest BCUT2D eigenvalue weighted by atomic mass is 10.2. The van der Waals surface area contributed by atoms with Gasteiger partial charge < -0.3 is 4.52 Å². The molecule has 17 heavy (non-hydrogen) atoms. The highest BCUT2D eigenvalue weighted by Gasteiger charge is 2.21. The van der Waals surface area contributed by atoms with Gasteiger partial charge in [0.2, 0.25) is 0 Å². The number of hydrogen-bond acceptors (Lipinski definition) is 5. The Morgan fingerprint density at radius 1 is 1.53 bits per heavy atom. The molecule has 2 aromatic rings.